The van der Waals surface area contributed by atoms with Crippen LogP contribution < -0.4 is 16.8 Å². The van der Waals surface area contributed by atoms with Crippen molar-refractivity contribution in [3.8, 4) is 0 Å². The van der Waals surface area contributed by atoms with E-state index in [9.17, 15) is 14.4 Å². The minimum absolute atomic E-state index is 0.0308. The molecule has 32 heavy (non-hydrogen) atoms. The van der Waals surface area contributed by atoms with Gasteiger partial charge in [-0.25, -0.2) is 0 Å². The standard InChI is InChI=1S/C20H39N3O8S/c1-16(24)30-13-18(31-17(2)25)14-32-15-19(22)20(26)23-6-4-8-28-10-12-29-11-9-27-7-3-5-21/h18-19H,3-15,21-22H2,1-2H3,(H,23,26). The molecular formula is C20H39N3O8S. The molecule has 0 aromatic rings. The summed E-state index contributed by atoms with van der Waals surface area (Å²) in [5, 5.41) is 2.76. The number of rotatable bonds is 21. The van der Waals surface area contributed by atoms with Crippen molar-refractivity contribution in [2.24, 2.45) is 11.5 Å². The predicted octanol–water partition coefficient (Wildman–Crippen LogP) is -0.553. The Bertz CT molecular complexity index is 513. The Morgan fingerprint density at radius 3 is 2.03 bits per heavy atom. The molecule has 0 aromatic heterocycles. The number of esters is 2. The molecule has 0 saturated carbocycles. The van der Waals surface area contributed by atoms with Crippen LogP contribution in [0.4, 0.5) is 0 Å². The van der Waals surface area contributed by atoms with E-state index in [2.05, 4.69) is 5.32 Å². The van der Waals surface area contributed by atoms with Crippen LogP contribution >= 0.6 is 11.8 Å². The fourth-order valence-corrected chi connectivity index (χ4v) is 3.18. The van der Waals surface area contributed by atoms with Gasteiger partial charge in [0.15, 0.2) is 0 Å². The van der Waals surface area contributed by atoms with Crippen LogP contribution in [0, 0.1) is 0 Å². The second-order valence-electron chi connectivity index (χ2n) is 6.80. The number of hydrogen-bond acceptors (Lipinski definition) is 11. The fourth-order valence-electron chi connectivity index (χ4n) is 2.21. The number of amides is 1. The number of ether oxygens (including phenoxy) is 5. The highest BCUT2D eigenvalue weighted by Crippen LogP contribution is 2.09. The maximum Gasteiger partial charge on any atom is 0.303 e. The molecule has 11 nitrogen and oxygen atoms in total. The average Bonchev–Trinajstić information content (AvgIpc) is 2.74. The third kappa shape index (κ3) is 20.5. The van der Waals surface area contributed by atoms with Gasteiger partial charge in [0.05, 0.1) is 32.5 Å². The first kappa shape index (κ1) is 30.6. The number of carbonyl (C=O) groups excluding carboxylic acids is 3. The Morgan fingerprint density at radius 1 is 0.875 bits per heavy atom. The van der Waals surface area contributed by atoms with Crippen LogP contribution in [-0.4, -0.2) is 101 Å². The molecule has 188 valence electrons. The van der Waals surface area contributed by atoms with E-state index in [0.29, 0.717) is 70.7 Å². The Hall–Kier alpha value is -1.44. The van der Waals surface area contributed by atoms with Crippen LogP contribution in [-0.2, 0) is 38.1 Å². The molecule has 0 fully saturated rings. The highest BCUT2D eigenvalue weighted by molar-refractivity contribution is 7.99. The second kappa shape index (κ2) is 21.4. The van der Waals surface area contributed by atoms with Crippen LogP contribution in [0.15, 0.2) is 0 Å². The van der Waals surface area contributed by atoms with Gasteiger partial charge >= 0.3 is 11.9 Å². The molecule has 2 unspecified atom stereocenters. The van der Waals surface area contributed by atoms with Gasteiger partial charge in [-0.3, -0.25) is 14.4 Å². The lowest BCUT2D eigenvalue weighted by Crippen LogP contribution is -2.43. The van der Waals surface area contributed by atoms with Crippen molar-refractivity contribution in [2.45, 2.75) is 38.8 Å². The normalized spacial score (nSPS) is 12.8. The van der Waals surface area contributed by atoms with Crippen LogP contribution in [0.2, 0.25) is 0 Å². The van der Waals surface area contributed by atoms with Crippen LogP contribution in [0.3, 0.4) is 0 Å². The topological polar surface area (TPSA) is 161 Å². The molecule has 0 rings (SSSR count). The third-order valence-corrected chi connectivity index (χ3v) is 4.95. The maximum atomic E-state index is 12.0. The minimum Gasteiger partial charge on any atom is -0.462 e. The quantitative estimate of drug-likeness (QED) is 0.142. The fraction of sp³-hybridized carbons (Fsp3) is 0.850. The molecule has 0 radical (unpaired) electrons. The van der Waals surface area contributed by atoms with Gasteiger partial charge in [-0.05, 0) is 19.4 Å². The highest BCUT2D eigenvalue weighted by atomic mass is 32.2. The number of nitrogens with one attached hydrogen (secondary N) is 1. The van der Waals surface area contributed by atoms with Gasteiger partial charge < -0.3 is 40.5 Å². The molecule has 2 atom stereocenters. The van der Waals surface area contributed by atoms with E-state index in [0.717, 1.165) is 6.42 Å². The number of thioether (sulfide) groups is 1. The number of hydrogen-bond donors (Lipinski definition) is 3. The van der Waals surface area contributed by atoms with Crippen molar-refractivity contribution in [1.82, 2.24) is 5.32 Å². The van der Waals surface area contributed by atoms with Gasteiger partial charge in [-0.15, -0.1) is 0 Å². The van der Waals surface area contributed by atoms with E-state index in [4.69, 9.17) is 35.2 Å². The SMILES string of the molecule is CC(=O)OCC(CSCC(N)C(=O)NCCCOCCOCCOCCCN)OC(C)=O. The van der Waals surface area contributed by atoms with E-state index in [1.807, 2.05) is 0 Å². The van der Waals surface area contributed by atoms with Gasteiger partial charge in [0.1, 0.15) is 12.7 Å². The van der Waals surface area contributed by atoms with Crippen molar-refractivity contribution in [3.05, 3.63) is 0 Å². The first-order chi connectivity index (χ1) is 15.4. The summed E-state index contributed by atoms with van der Waals surface area (Å²) < 4.78 is 26.1. The van der Waals surface area contributed by atoms with E-state index in [1.165, 1.54) is 25.6 Å². The van der Waals surface area contributed by atoms with Crippen molar-refractivity contribution in [1.29, 1.82) is 0 Å². The summed E-state index contributed by atoms with van der Waals surface area (Å²) in [6.07, 6.45) is 0.920. The molecule has 0 aliphatic heterocycles. The molecular weight excluding hydrogens is 442 g/mol. The molecule has 0 aromatic carbocycles. The largest absolute Gasteiger partial charge is 0.462 e. The van der Waals surface area contributed by atoms with Gasteiger partial charge in [-0.1, -0.05) is 0 Å². The average molecular weight is 482 g/mol. The zero-order valence-electron chi connectivity index (χ0n) is 19.2. The Kier molecular flexibility index (Phi) is 20.4. The monoisotopic (exact) mass is 481 g/mol. The Morgan fingerprint density at radius 2 is 1.47 bits per heavy atom. The Balaban J connectivity index is 3.68. The van der Waals surface area contributed by atoms with Crippen molar-refractivity contribution >= 4 is 29.6 Å². The molecule has 0 saturated heterocycles. The predicted molar refractivity (Wildman–Crippen MR) is 121 cm³/mol. The molecule has 0 heterocycles. The first-order valence-electron chi connectivity index (χ1n) is 10.7. The smallest absolute Gasteiger partial charge is 0.303 e. The van der Waals surface area contributed by atoms with E-state index in [1.54, 1.807) is 0 Å². The zero-order chi connectivity index (χ0) is 24.0. The summed E-state index contributed by atoms with van der Waals surface area (Å²) in [5.74, 6) is -0.481. The molecule has 1 amide bonds. The molecule has 0 spiro atoms. The van der Waals surface area contributed by atoms with Crippen molar-refractivity contribution in [2.75, 3.05) is 70.8 Å². The summed E-state index contributed by atoms with van der Waals surface area (Å²) in [5.41, 5.74) is 11.2. The number of carbonyl (C=O) groups is 3. The summed E-state index contributed by atoms with van der Waals surface area (Å²) in [4.78, 5) is 34.1. The lowest BCUT2D eigenvalue weighted by molar-refractivity contribution is -0.154. The lowest BCUT2D eigenvalue weighted by Gasteiger charge is -2.17. The third-order valence-electron chi connectivity index (χ3n) is 3.74. The van der Waals surface area contributed by atoms with E-state index >= 15 is 0 Å². The van der Waals surface area contributed by atoms with Gasteiger partial charge in [0.25, 0.3) is 0 Å². The summed E-state index contributed by atoms with van der Waals surface area (Å²) in [6.45, 7) is 6.78. The Labute approximate surface area is 194 Å². The molecule has 0 aliphatic carbocycles. The highest BCUT2D eigenvalue weighted by Gasteiger charge is 2.17. The molecule has 0 bridgehead atoms. The summed E-state index contributed by atoms with van der Waals surface area (Å²) in [7, 11) is 0. The molecule has 12 heteroatoms. The van der Waals surface area contributed by atoms with Gasteiger partial charge in [0, 0.05) is 45.1 Å². The zero-order valence-corrected chi connectivity index (χ0v) is 20.0. The molecule has 5 N–H and O–H groups in total. The molecule has 0 aliphatic rings. The first-order valence-corrected chi connectivity index (χ1v) is 11.9. The van der Waals surface area contributed by atoms with Crippen LogP contribution in [0.25, 0.3) is 0 Å². The van der Waals surface area contributed by atoms with Crippen LogP contribution in [0.1, 0.15) is 26.7 Å². The second-order valence-corrected chi connectivity index (χ2v) is 7.88. The van der Waals surface area contributed by atoms with Gasteiger partial charge in [0.2, 0.25) is 5.91 Å². The summed E-state index contributed by atoms with van der Waals surface area (Å²) >= 11 is 1.35. The van der Waals surface area contributed by atoms with Crippen LogP contribution in [0.5, 0.6) is 0 Å². The lowest BCUT2D eigenvalue weighted by atomic mass is 10.3. The maximum absolute atomic E-state index is 12.0. The van der Waals surface area contributed by atoms with E-state index < -0.39 is 24.1 Å². The van der Waals surface area contributed by atoms with Gasteiger partial charge in [-0.2, -0.15) is 11.8 Å². The summed E-state index contributed by atoms with van der Waals surface area (Å²) in [6, 6.07) is -0.701. The number of nitrogens with two attached hydrogens (primary N) is 2. The van der Waals surface area contributed by atoms with Crippen molar-refractivity contribution in [3.63, 3.8) is 0 Å². The minimum atomic E-state index is -0.701. The van der Waals surface area contributed by atoms with Crippen molar-refractivity contribution < 1.29 is 38.1 Å². The van der Waals surface area contributed by atoms with E-state index in [-0.39, 0.29) is 12.5 Å².